The van der Waals surface area contributed by atoms with Crippen LogP contribution in [-0.2, 0) is 13.2 Å². The van der Waals surface area contributed by atoms with Crippen molar-refractivity contribution in [1.29, 1.82) is 0 Å². The Kier molecular flexibility index (Phi) is 5.22. The van der Waals surface area contributed by atoms with Gasteiger partial charge >= 0.3 is 6.18 Å². The Labute approximate surface area is 135 Å². The van der Waals surface area contributed by atoms with Crippen molar-refractivity contribution in [3.63, 3.8) is 0 Å². The number of alkyl halides is 3. The number of amides is 1. The second-order valence-electron chi connectivity index (χ2n) is 4.98. The minimum Gasteiger partial charge on any atom is -0.368 e. The van der Waals surface area contributed by atoms with Crippen molar-refractivity contribution in [2.75, 3.05) is 18.4 Å². The van der Waals surface area contributed by atoms with E-state index in [0.29, 0.717) is 0 Å². The first-order valence-corrected chi connectivity index (χ1v) is 6.99. The lowest BCUT2D eigenvalue weighted by atomic mass is 10.2. The minimum absolute atomic E-state index is 0.219. The molecule has 0 unspecified atom stereocenters. The number of pyridine rings is 2. The lowest BCUT2D eigenvalue weighted by Gasteiger charge is -2.09. The molecular formula is C15H15F3N4O2. The first kappa shape index (κ1) is 17.5. The predicted molar refractivity (Wildman–Crippen MR) is 81.7 cm³/mol. The maximum Gasteiger partial charge on any atom is 0.417 e. The predicted octanol–water partition coefficient (Wildman–Crippen LogP) is 1.64. The second-order valence-corrected chi connectivity index (χ2v) is 4.98. The molecule has 2 rings (SSSR count). The van der Waals surface area contributed by atoms with Gasteiger partial charge in [0.1, 0.15) is 5.82 Å². The van der Waals surface area contributed by atoms with Gasteiger partial charge in [-0.1, -0.05) is 0 Å². The van der Waals surface area contributed by atoms with Crippen LogP contribution >= 0.6 is 0 Å². The van der Waals surface area contributed by atoms with E-state index in [4.69, 9.17) is 0 Å². The van der Waals surface area contributed by atoms with Crippen LogP contribution in [0.15, 0.2) is 41.5 Å². The Hall–Kier alpha value is -2.84. The number of hydrogen-bond acceptors (Lipinski definition) is 4. The number of aromatic nitrogens is 2. The number of halogens is 3. The van der Waals surface area contributed by atoms with Crippen molar-refractivity contribution in [1.82, 2.24) is 14.9 Å². The molecule has 2 aromatic heterocycles. The molecule has 2 heterocycles. The summed E-state index contributed by atoms with van der Waals surface area (Å²) in [7, 11) is 1.57. The molecular weight excluding hydrogens is 325 g/mol. The first-order chi connectivity index (χ1) is 11.3. The van der Waals surface area contributed by atoms with Gasteiger partial charge < -0.3 is 15.2 Å². The molecule has 2 N–H and O–H groups in total. The largest absolute Gasteiger partial charge is 0.417 e. The topological polar surface area (TPSA) is 76.0 Å². The highest BCUT2D eigenvalue weighted by Gasteiger charge is 2.30. The summed E-state index contributed by atoms with van der Waals surface area (Å²) in [5, 5.41) is 5.39. The standard InChI is InChI=1S/C15H15F3N4O2/c1-22-7-4-10(8-13(22)23)14(24)20-6-5-19-12-3-2-11(9-21-12)15(16,17)18/h2-4,7-9H,5-6H2,1H3,(H,19,21)(H,20,24). The van der Waals surface area contributed by atoms with E-state index in [1.54, 1.807) is 7.05 Å². The van der Waals surface area contributed by atoms with Crippen LogP contribution in [-0.4, -0.2) is 28.5 Å². The Morgan fingerprint density at radius 3 is 2.58 bits per heavy atom. The molecule has 2 aromatic rings. The van der Waals surface area contributed by atoms with Gasteiger partial charge in [0.15, 0.2) is 0 Å². The molecule has 24 heavy (non-hydrogen) atoms. The molecule has 0 saturated heterocycles. The smallest absolute Gasteiger partial charge is 0.368 e. The first-order valence-electron chi connectivity index (χ1n) is 6.99. The minimum atomic E-state index is -4.42. The van der Waals surface area contributed by atoms with Crippen LogP contribution in [0.25, 0.3) is 0 Å². The van der Waals surface area contributed by atoms with Gasteiger partial charge in [0.05, 0.1) is 5.56 Å². The van der Waals surface area contributed by atoms with Gasteiger partial charge in [-0.2, -0.15) is 13.2 Å². The van der Waals surface area contributed by atoms with Gasteiger partial charge in [0, 0.05) is 44.2 Å². The zero-order valence-corrected chi connectivity index (χ0v) is 12.7. The number of aryl methyl sites for hydroxylation is 1. The lowest BCUT2D eigenvalue weighted by Crippen LogP contribution is -2.30. The van der Waals surface area contributed by atoms with Crippen LogP contribution in [0.2, 0.25) is 0 Å². The Morgan fingerprint density at radius 2 is 2.00 bits per heavy atom. The number of rotatable bonds is 5. The fraction of sp³-hybridized carbons (Fsp3) is 0.267. The molecule has 0 aromatic carbocycles. The molecule has 0 radical (unpaired) electrons. The van der Waals surface area contributed by atoms with Crippen LogP contribution in [0.5, 0.6) is 0 Å². The molecule has 1 amide bonds. The summed E-state index contributed by atoms with van der Waals surface area (Å²) in [4.78, 5) is 26.9. The van der Waals surface area contributed by atoms with Gasteiger partial charge in [0.25, 0.3) is 11.5 Å². The Balaban J connectivity index is 1.81. The van der Waals surface area contributed by atoms with E-state index < -0.39 is 17.6 Å². The monoisotopic (exact) mass is 340 g/mol. The molecule has 0 fully saturated rings. The summed E-state index contributed by atoms with van der Waals surface area (Å²) in [6.07, 6.45) is -2.20. The second kappa shape index (κ2) is 7.16. The molecule has 0 aliphatic rings. The number of anilines is 1. The Bertz CT molecular complexity index is 770. The summed E-state index contributed by atoms with van der Waals surface area (Å²) in [5.41, 5.74) is -0.882. The number of hydrogen-bond donors (Lipinski definition) is 2. The van der Waals surface area contributed by atoms with Crippen LogP contribution < -0.4 is 16.2 Å². The van der Waals surface area contributed by atoms with E-state index >= 15 is 0 Å². The quantitative estimate of drug-likeness (QED) is 0.812. The molecule has 0 spiro atoms. The maximum atomic E-state index is 12.4. The number of nitrogens with one attached hydrogen (secondary N) is 2. The molecule has 9 heteroatoms. The zero-order valence-electron chi connectivity index (χ0n) is 12.7. The van der Waals surface area contributed by atoms with Crippen molar-refractivity contribution in [3.8, 4) is 0 Å². The fourth-order valence-corrected chi connectivity index (χ4v) is 1.82. The van der Waals surface area contributed by atoms with Gasteiger partial charge in [-0.05, 0) is 18.2 Å². The summed E-state index contributed by atoms with van der Waals surface area (Å²) in [6.45, 7) is 0.492. The van der Waals surface area contributed by atoms with Crippen LogP contribution in [0.3, 0.4) is 0 Å². The summed E-state index contributed by atoms with van der Waals surface area (Å²) >= 11 is 0. The third-order valence-corrected chi connectivity index (χ3v) is 3.17. The Morgan fingerprint density at radius 1 is 1.25 bits per heavy atom. The van der Waals surface area contributed by atoms with Crippen molar-refractivity contribution in [2.24, 2.45) is 7.05 Å². The third-order valence-electron chi connectivity index (χ3n) is 3.17. The van der Waals surface area contributed by atoms with E-state index in [1.807, 2.05) is 0 Å². The summed E-state index contributed by atoms with van der Waals surface area (Å²) < 4.78 is 38.5. The van der Waals surface area contributed by atoms with E-state index in [-0.39, 0.29) is 30.0 Å². The molecule has 0 aliphatic carbocycles. The van der Waals surface area contributed by atoms with Crippen molar-refractivity contribution >= 4 is 11.7 Å². The van der Waals surface area contributed by atoms with Crippen molar-refractivity contribution < 1.29 is 18.0 Å². The highest BCUT2D eigenvalue weighted by Crippen LogP contribution is 2.28. The average molecular weight is 340 g/mol. The van der Waals surface area contributed by atoms with E-state index in [1.165, 1.54) is 29.0 Å². The third kappa shape index (κ3) is 4.58. The van der Waals surface area contributed by atoms with E-state index in [0.717, 1.165) is 12.3 Å². The molecule has 0 saturated carbocycles. The van der Waals surface area contributed by atoms with Gasteiger partial charge in [0.2, 0.25) is 0 Å². The van der Waals surface area contributed by atoms with Gasteiger partial charge in [-0.15, -0.1) is 0 Å². The number of carbonyl (C=O) groups excluding carboxylic acids is 1. The van der Waals surface area contributed by atoms with E-state index in [2.05, 4.69) is 15.6 Å². The molecule has 0 atom stereocenters. The summed E-state index contributed by atoms with van der Waals surface area (Å²) in [5.74, 6) is -0.138. The van der Waals surface area contributed by atoms with Gasteiger partial charge in [-0.25, -0.2) is 4.98 Å². The fourth-order valence-electron chi connectivity index (χ4n) is 1.82. The van der Waals surface area contributed by atoms with Crippen molar-refractivity contribution in [3.05, 3.63) is 58.1 Å². The van der Waals surface area contributed by atoms with Crippen LogP contribution in [0, 0.1) is 0 Å². The average Bonchev–Trinajstić information content (AvgIpc) is 2.53. The normalized spacial score (nSPS) is 11.2. The van der Waals surface area contributed by atoms with E-state index in [9.17, 15) is 22.8 Å². The SMILES string of the molecule is Cn1ccc(C(=O)NCCNc2ccc(C(F)(F)F)cn2)cc1=O. The number of carbonyl (C=O) groups is 1. The molecule has 6 nitrogen and oxygen atoms in total. The zero-order chi connectivity index (χ0) is 17.7. The molecule has 128 valence electrons. The maximum absolute atomic E-state index is 12.4. The van der Waals surface area contributed by atoms with Crippen molar-refractivity contribution in [2.45, 2.75) is 6.18 Å². The number of nitrogens with zero attached hydrogens (tertiary/aromatic N) is 2. The highest BCUT2D eigenvalue weighted by atomic mass is 19.4. The van der Waals surface area contributed by atoms with Gasteiger partial charge in [-0.3, -0.25) is 9.59 Å². The summed E-state index contributed by atoms with van der Waals surface area (Å²) in [6, 6.07) is 4.88. The highest BCUT2D eigenvalue weighted by molar-refractivity contribution is 5.93. The lowest BCUT2D eigenvalue weighted by molar-refractivity contribution is -0.137. The van der Waals surface area contributed by atoms with Crippen LogP contribution in [0.1, 0.15) is 15.9 Å². The molecule has 0 bridgehead atoms. The molecule has 0 aliphatic heterocycles. The van der Waals surface area contributed by atoms with Crippen LogP contribution in [0.4, 0.5) is 19.0 Å².